The Labute approximate surface area is 215 Å². The number of aliphatic imine (C=N–C) groups is 1. The molecule has 0 aliphatic carbocycles. The molecule has 2 aliphatic heterocycles. The second kappa shape index (κ2) is 11.5. The van der Waals surface area contributed by atoms with Gasteiger partial charge in [0.05, 0.1) is 25.2 Å². The van der Waals surface area contributed by atoms with Crippen LogP contribution in [0, 0.1) is 0 Å². The van der Waals surface area contributed by atoms with Gasteiger partial charge in [-0.2, -0.15) is 4.99 Å². The summed E-state index contributed by atoms with van der Waals surface area (Å²) in [5.41, 5.74) is 6.64. The van der Waals surface area contributed by atoms with E-state index < -0.39 is 17.6 Å². The van der Waals surface area contributed by atoms with Crippen LogP contribution in [0.15, 0.2) is 59.6 Å². The number of cyclic esters (lactones) is 1. The maximum Gasteiger partial charge on any atom is 0.414 e. The van der Waals surface area contributed by atoms with Gasteiger partial charge in [0.15, 0.2) is 0 Å². The first-order chi connectivity index (χ1) is 17.8. The monoisotopic (exact) mass is 508 g/mol. The molecule has 196 valence electrons. The average Bonchev–Trinajstić information content (AvgIpc) is 3.26. The molecule has 37 heavy (non-hydrogen) atoms. The molecule has 3 N–H and O–H groups in total. The molecule has 2 heterocycles. The number of hydrogen-bond donors (Lipinski definition) is 2. The summed E-state index contributed by atoms with van der Waals surface area (Å²) in [6, 6.07) is 15.6. The second-order valence-electron chi connectivity index (χ2n) is 9.34. The van der Waals surface area contributed by atoms with Crippen molar-refractivity contribution in [1.29, 1.82) is 0 Å². The fourth-order valence-corrected chi connectivity index (χ4v) is 4.56. The molecule has 10 nitrogen and oxygen atoms in total. The van der Waals surface area contributed by atoms with Crippen LogP contribution < -0.4 is 10.6 Å². The fourth-order valence-electron chi connectivity index (χ4n) is 4.56. The number of likely N-dealkylation sites (tertiary alicyclic amines) is 1. The van der Waals surface area contributed by atoms with Gasteiger partial charge >= 0.3 is 12.1 Å². The number of amides is 2. The first-order valence-electron chi connectivity index (χ1n) is 12.4. The van der Waals surface area contributed by atoms with Crippen molar-refractivity contribution in [3.63, 3.8) is 0 Å². The first kappa shape index (κ1) is 26.3. The van der Waals surface area contributed by atoms with Crippen LogP contribution in [-0.2, 0) is 14.3 Å². The van der Waals surface area contributed by atoms with Gasteiger partial charge in [-0.15, -0.1) is 0 Å². The maximum atomic E-state index is 12.5. The van der Waals surface area contributed by atoms with Crippen LogP contribution in [0.3, 0.4) is 0 Å². The zero-order chi connectivity index (χ0) is 26.4. The van der Waals surface area contributed by atoms with Crippen LogP contribution in [0.2, 0.25) is 0 Å². The molecular weight excluding hydrogens is 476 g/mol. The Morgan fingerprint density at radius 1 is 1.11 bits per heavy atom. The lowest BCUT2D eigenvalue weighted by Gasteiger charge is -2.38. The number of aliphatic hydroxyl groups is 1. The van der Waals surface area contributed by atoms with Gasteiger partial charge in [0, 0.05) is 36.4 Å². The van der Waals surface area contributed by atoms with Crippen LogP contribution in [0.1, 0.15) is 42.1 Å². The number of piperidine rings is 1. The van der Waals surface area contributed by atoms with Crippen LogP contribution in [0.25, 0.3) is 0 Å². The summed E-state index contributed by atoms with van der Waals surface area (Å²) >= 11 is 0. The van der Waals surface area contributed by atoms with Crippen molar-refractivity contribution < 1.29 is 29.0 Å². The SMILES string of the molecule is CCOC(=O)CC1(O)CCN(CC2CN(c3ccc(C(N)=NC(=O)c4ccccc4)cc3)C(=O)O2)CC1. The number of ether oxygens (including phenoxy) is 2. The van der Waals surface area contributed by atoms with E-state index in [1.807, 2.05) is 6.07 Å². The van der Waals surface area contributed by atoms with Crippen molar-refractivity contribution in [3.8, 4) is 0 Å². The standard InChI is InChI=1S/C27H32N4O6/c1-2-36-23(32)16-27(35)12-14-30(15-13-27)17-22-18-31(26(34)37-22)21-10-8-19(9-11-21)24(28)29-25(33)20-6-4-3-5-7-20/h3-11,22,35H,2,12-18H2,1H3,(H2,28,29,33). The van der Waals surface area contributed by atoms with Crippen LogP contribution in [-0.4, -0.2) is 78.3 Å². The van der Waals surface area contributed by atoms with E-state index in [1.54, 1.807) is 60.4 Å². The van der Waals surface area contributed by atoms with Gasteiger partial charge in [0.1, 0.15) is 11.9 Å². The number of amidine groups is 1. The number of carbonyl (C=O) groups excluding carboxylic acids is 3. The molecule has 0 spiro atoms. The molecule has 0 bridgehead atoms. The smallest absolute Gasteiger partial charge is 0.414 e. The van der Waals surface area contributed by atoms with Gasteiger partial charge in [-0.1, -0.05) is 18.2 Å². The number of rotatable bonds is 8. The molecule has 10 heteroatoms. The topological polar surface area (TPSA) is 135 Å². The average molecular weight is 509 g/mol. The highest BCUT2D eigenvalue weighted by atomic mass is 16.6. The van der Waals surface area contributed by atoms with E-state index in [0.29, 0.717) is 62.4 Å². The van der Waals surface area contributed by atoms with E-state index in [0.717, 1.165) is 0 Å². The van der Waals surface area contributed by atoms with E-state index in [-0.39, 0.29) is 24.3 Å². The van der Waals surface area contributed by atoms with E-state index >= 15 is 0 Å². The molecule has 2 fully saturated rings. The summed E-state index contributed by atoms with van der Waals surface area (Å²) in [6.45, 7) is 4.15. The van der Waals surface area contributed by atoms with Crippen LogP contribution >= 0.6 is 0 Å². The number of carbonyl (C=O) groups is 3. The Kier molecular flexibility index (Phi) is 8.20. The van der Waals surface area contributed by atoms with Crippen LogP contribution in [0.5, 0.6) is 0 Å². The third-order valence-corrected chi connectivity index (χ3v) is 6.62. The molecule has 0 saturated carbocycles. The Balaban J connectivity index is 1.30. The van der Waals surface area contributed by atoms with Gasteiger partial charge < -0.3 is 20.3 Å². The zero-order valence-corrected chi connectivity index (χ0v) is 20.8. The van der Waals surface area contributed by atoms with Crippen molar-refractivity contribution >= 4 is 29.5 Å². The zero-order valence-electron chi connectivity index (χ0n) is 20.8. The molecule has 1 atom stereocenters. The minimum Gasteiger partial charge on any atom is -0.466 e. The van der Waals surface area contributed by atoms with Crippen molar-refractivity contribution in [1.82, 2.24) is 4.90 Å². The molecule has 2 saturated heterocycles. The van der Waals surface area contributed by atoms with E-state index in [1.165, 1.54) is 0 Å². The molecule has 2 aliphatic rings. The van der Waals surface area contributed by atoms with E-state index in [9.17, 15) is 19.5 Å². The summed E-state index contributed by atoms with van der Waals surface area (Å²) in [7, 11) is 0. The van der Waals surface area contributed by atoms with Crippen molar-refractivity contribution in [3.05, 3.63) is 65.7 Å². The third-order valence-electron chi connectivity index (χ3n) is 6.62. The van der Waals surface area contributed by atoms with Crippen molar-refractivity contribution in [2.75, 3.05) is 37.7 Å². The lowest BCUT2D eigenvalue weighted by atomic mass is 9.88. The summed E-state index contributed by atoms with van der Waals surface area (Å²) in [5.74, 6) is -0.721. The molecule has 2 aromatic carbocycles. The Bertz CT molecular complexity index is 1140. The van der Waals surface area contributed by atoms with Crippen molar-refractivity contribution in [2.24, 2.45) is 10.7 Å². The van der Waals surface area contributed by atoms with Gasteiger partial charge in [-0.25, -0.2) is 4.79 Å². The maximum absolute atomic E-state index is 12.5. The van der Waals surface area contributed by atoms with Crippen LogP contribution in [0.4, 0.5) is 10.5 Å². The lowest BCUT2D eigenvalue weighted by Crippen LogP contribution is -2.48. The first-order valence-corrected chi connectivity index (χ1v) is 12.4. The third kappa shape index (κ3) is 6.72. The Morgan fingerprint density at radius 3 is 2.43 bits per heavy atom. The number of nitrogens with two attached hydrogens (primary N) is 1. The predicted molar refractivity (Wildman–Crippen MR) is 137 cm³/mol. The second-order valence-corrected chi connectivity index (χ2v) is 9.34. The number of esters is 1. The molecule has 1 unspecified atom stereocenters. The van der Waals surface area contributed by atoms with E-state index in [2.05, 4.69) is 9.89 Å². The number of hydrogen-bond acceptors (Lipinski definition) is 7. The normalized spacial score (nSPS) is 19.9. The number of benzene rings is 2. The Morgan fingerprint density at radius 2 is 1.78 bits per heavy atom. The minimum atomic E-state index is -1.06. The summed E-state index contributed by atoms with van der Waals surface area (Å²) in [4.78, 5) is 44.2. The predicted octanol–water partition coefficient (Wildman–Crippen LogP) is 2.34. The largest absolute Gasteiger partial charge is 0.466 e. The molecule has 2 amide bonds. The lowest BCUT2D eigenvalue weighted by molar-refractivity contribution is -0.150. The number of anilines is 1. The van der Waals surface area contributed by atoms with Gasteiger partial charge in [-0.3, -0.25) is 19.4 Å². The molecular formula is C27H32N4O6. The highest BCUT2D eigenvalue weighted by Crippen LogP contribution is 2.28. The summed E-state index contributed by atoms with van der Waals surface area (Å²) in [6.07, 6.45) is 0.140. The molecule has 0 aromatic heterocycles. The van der Waals surface area contributed by atoms with Gasteiger partial charge in [0.2, 0.25) is 0 Å². The summed E-state index contributed by atoms with van der Waals surface area (Å²) < 4.78 is 10.5. The highest BCUT2D eigenvalue weighted by Gasteiger charge is 2.38. The molecule has 0 radical (unpaired) electrons. The minimum absolute atomic E-state index is 0.00743. The quantitative estimate of drug-likeness (QED) is 0.315. The van der Waals surface area contributed by atoms with Gasteiger partial charge in [0.25, 0.3) is 5.91 Å². The fraction of sp³-hybridized carbons (Fsp3) is 0.407. The van der Waals surface area contributed by atoms with Crippen molar-refractivity contribution in [2.45, 2.75) is 37.9 Å². The molecule has 4 rings (SSSR count). The molecule has 2 aromatic rings. The number of nitrogens with zero attached hydrogens (tertiary/aromatic N) is 3. The van der Waals surface area contributed by atoms with E-state index in [4.69, 9.17) is 15.2 Å². The summed E-state index contributed by atoms with van der Waals surface area (Å²) in [5, 5.41) is 10.7. The Hall–Kier alpha value is -3.76. The highest BCUT2D eigenvalue weighted by molar-refractivity contribution is 6.08. The van der Waals surface area contributed by atoms with Gasteiger partial charge in [-0.05, 0) is 56.2 Å².